The third kappa shape index (κ3) is 4.19. The predicted molar refractivity (Wildman–Crippen MR) is 73.7 cm³/mol. The maximum Gasteiger partial charge on any atom is 0.0796 e. The zero-order valence-corrected chi connectivity index (χ0v) is 11.1. The molecule has 0 amide bonds. The normalized spacial score (nSPS) is 18.6. The van der Waals surface area contributed by atoms with E-state index in [9.17, 15) is 5.11 Å². The fourth-order valence-corrected chi connectivity index (χ4v) is 2.43. The van der Waals surface area contributed by atoms with Crippen LogP contribution in [-0.2, 0) is 0 Å². The Bertz CT molecular complexity index is 417. The molecular formula is C14H20N4O. The molecule has 0 bridgehead atoms. The summed E-state index contributed by atoms with van der Waals surface area (Å²) in [6, 6.07) is 6.07. The number of hydrogen-bond acceptors (Lipinski definition) is 5. The molecule has 19 heavy (non-hydrogen) atoms. The van der Waals surface area contributed by atoms with Gasteiger partial charge in [-0.3, -0.25) is 9.88 Å². The first-order valence-electron chi connectivity index (χ1n) is 6.72. The fraction of sp³-hybridized carbons (Fsp3) is 0.571. The lowest BCUT2D eigenvalue weighted by Gasteiger charge is -2.24. The average molecular weight is 260 g/mol. The number of pyridine rings is 1. The molecule has 1 aliphatic rings. The van der Waals surface area contributed by atoms with Gasteiger partial charge in [-0.1, -0.05) is 0 Å². The Hall–Kier alpha value is -1.64. The van der Waals surface area contributed by atoms with Crippen molar-refractivity contribution in [1.82, 2.24) is 9.88 Å². The zero-order valence-electron chi connectivity index (χ0n) is 11.1. The van der Waals surface area contributed by atoms with Gasteiger partial charge in [0.2, 0.25) is 0 Å². The van der Waals surface area contributed by atoms with E-state index in [4.69, 9.17) is 5.26 Å². The summed E-state index contributed by atoms with van der Waals surface area (Å²) in [4.78, 5) is 8.62. The number of nitrogens with zero attached hydrogens (tertiary/aromatic N) is 4. The molecule has 2 rings (SSSR count). The highest BCUT2D eigenvalue weighted by Gasteiger charge is 2.17. The maximum atomic E-state index is 9.69. The largest absolute Gasteiger partial charge is 0.391 e. The summed E-state index contributed by atoms with van der Waals surface area (Å²) in [6.07, 6.45) is 4.38. The van der Waals surface area contributed by atoms with Gasteiger partial charge < -0.3 is 10.0 Å². The molecule has 1 fully saturated rings. The fourth-order valence-electron chi connectivity index (χ4n) is 2.43. The first-order valence-corrected chi connectivity index (χ1v) is 6.72. The summed E-state index contributed by atoms with van der Waals surface area (Å²) in [5.41, 5.74) is 1.20. The summed E-state index contributed by atoms with van der Waals surface area (Å²) in [5.74, 6) is 0. The molecule has 0 radical (unpaired) electrons. The molecule has 1 aromatic heterocycles. The summed E-state index contributed by atoms with van der Waals surface area (Å²) >= 11 is 0. The van der Waals surface area contributed by atoms with E-state index in [1.807, 2.05) is 30.6 Å². The summed E-state index contributed by atoms with van der Waals surface area (Å²) in [6.45, 7) is 4.46. The van der Waals surface area contributed by atoms with E-state index in [1.165, 1.54) is 5.69 Å². The Balaban J connectivity index is 1.87. The molecule has 2 heterocycles. The second kappa shape index (κ2) is 7.07. The van der Waals surface area contributed by atoms with Crippen LogP contribution in [0.3, 0.4) is 0 Å². The molecule has 0 aliphatic carbocycles. The van der Waals surface area contributed by atoms with Crippen LogP contribution >= 0.6 is 0 Å². The van der Waals surface area contributed by atoms with Crippen LogP contribution in [0.15, 0.2) is 24.5 Å². The van der Waals surface area contributed by atoms with Crippen molar-refractivity contribution in [3.63, 3.8) is 0 Å². The minimum atomic E-state index is -0.530. The van der Waals surface area contributed by atoms with Crippen molar-refractivity contribution in [3.8, 4) is 6.07 Å². The molecule has 102 valence electrons. The van der Waals surface area contributed by atoms with Crippen LogP contribution in [-0.4, -0.2) is 53.8 Å². The van der Waals surface area contributed by atoms with E-state index in [0.717, 1.165) is 32.6 Å². The lowest BCUT2D eigenvalue weighted by Crippen LogP contribution is -2.35. The van der Waals surface area contributed by atoms with Gasteiger partial charge in [-0.05, 0) is 25.1 Å². The maximum absolute atomic E-state index is 9.69. The van der Waals surface area contributed by atoms with Crippen molar-refractivity contribution in [2.45, 2.75) is 18.9 Å². The Kier molecular flexibility index (Phi) is 5.13. The van der Waals surface area contributed by atoms with Gasteiger partial charge in [0.1, 0.15) is 0 Å². The van der Waals surface area contributed by atoms with Crippen LogP contribution in [0.25, 0.3) is 0 Å². The van der Waals surface area contributed by atoms with E-state index >= 15 is 0 Å². The minimum absolute atomic E-state index is 0.213. The van der Waals surface area contributed by atoms with Crippen LogP contribution in [0.5, 0.6) is 0 Å². The molecule has 1 atom stereocenters. The second-order valence-corrected chi connectivity index (χ2v) is 4.86. The monoisotopic (exact) mass is 260 g/mol. The third-order valence-electron chi connectivity index (χ3n) is 3.41. The van der Waals surface area contributed by atoms with Crippen molar-refractivity contribution in [2.24, 2.45) is 0 Å². The first-order chi connectivity index (χ1) is 9.29. The zero-order chi connectivity index (χ0) is 13.5. The quantitative estimate of drug-likeness (QED) is 0.870. The molecule has 1 aromatic rings. The minimum Gasteiger partial charge on any atom is -0.391 e. The van der Waals surface area contributed by atoms with Gasteiger partial charge in [-0.15, -0.1) is 0 Å². The van der Waals surface area contributed by atoms with Crippen LogP contribution in [0, 0.1) is 11.3 Å². The number of β-amino-alcohol motifs (C(OH)–C–C–N with tert-alkyl or cyclic N) is 1. The first kappa shape index (κ1) is 13.8. The summed E-state index contributed by atoms with van der Waals surface area (Å²) < 4.78 is 0. The van der Waals surface area contributed by atoms with Crippen molar-refractivity contribution in [1.29, 1.82) is 5.26 Å². The molecule has 1 N–H and O–H groups in total. The number of aliphatic hydroxyl groups excluding tert-OH is 1. The summed E-state index contributed by atoms with van der Waals surface area (Å²) in [5, 5.41) is 18.3. The highest BCUT2D eigenvalue weighted by Crippen LogP contribution is 2.15. The van der Waals surface area contributed by atoms with E-state index < -0.39 is 6.10 Å². The number of aliphatic hydroxyl groups is 1. The predicted octanol–water partition coefficient (Wildman–Crippen LogP) is 0.868. The molecule has 0 aromatic carbocycles. The smallest absolute Gasteiger partial charge is 0.0796 e. The van der Waals surface area contributed by atoms with Gasteiger partial charge >= 0.3 is 0 Å². The Morgan fingerprint density at radius 1 is 1.26 bits per heavy atom. The van der Waals surface area contributed by atoms with Gasteiger partial charge in [-0.25, -0.2) is 0 Å². The van der Waals surface area contributed by atoms with E-state index in [1.54, 1.807) is 0 Å². The molecule has 1 aliphatic heterocycles. The topological polar surface area (TPSA) is 63.4 Å². The van der Waals surface area contributed by atoms with Crippen LogP contribution in [0.2, 0.25) is 0 Å². The SMILES string of the molecule is N#CC[C@H](O)CN1CCCN(c2ccncc2)CC1. The standard InChI is InChI=1S/C14H20N4O/c15-5-2-14(19)12-17-8-1-9-18(11-10-17)13-3-6-16-7-4-13/h3-4,6-7,14,19H,1-2,8-12H2/t14-/m0/s1. The molecule has 5 heteroatoms. The van der Waals surface area contributed by atoms with Crippen molar-refractivity contribution >= 4 is 5.69 Å². The van der Waals surface area contributed by atoms with E-state index in [0.29, 0.717) is 6.54 Å². The highest BCUT2D eigenvalue weighted by atomic mass is 16.3. The highest BCUT2D eigenvalue weighted by molar-refractivity contribution is 5.44. The lowest BCUT2D eigenvalue weighted by atomic mass is 10.2. The number of aromatic nitrogens is 1. The van der Waals surface area contributed by atoms with Crippen molar-refractivity contribution in [3.05, 3.63) is 24.5 Å². The Morgan fingerprint density at radius 2 is 2.05 bits per heavy atom. The molecule has 1 saturated heterocycles. The van der Waals surface area contributed by atoms with E-state index in [2.05, 4.69) is 14.8 Å². The van der Waals surface area contributed by atoms with Gasteiger partial charge in [0, 0.05) is 44.3 Å². The van der Waals surface area contributed by atoms with Crippen molar-refractivity contribution in [2.75, 3.05) is 37.6 Å². The van der Waals surface area contributed by atoms with Crippen LogP contribution < -0.4 is 4.90 Å². The molecule has 0 saturated carbocycles. The molecule has 0 unspecified atom stereocenters. The number of hydrogen-bond donors (Lipinski definition) is 1. The lowest BCUT2D eigenvalue weighted by molar-refractivity contribution is 0.120. The molecule has 0 spiro atoms. The number of nitriles is 1. The Labute approximate surface area is 114 Å². The summed E-state index contributed by atoms with van der Waals surface area (Å²) in [7, 11) is 0. The number of anilines is 1. The van der Waals surface area contributed by atoms with Crippen LogP contribution in [0.4, 0.5) is 5.69 Å². The van der Waals surface area contributed by atoms with Gasteiger partial charge in [0.15, 0.2) is 0 Å². The average Bonchev–Trinajstić information content (AvgIpc) is 2.66. The second-order valence-electron chi connectivity index (χ2n) is 4.86. The molecule has 5 nitrogen and oxygen atoms in total. The number of rotatable bonds is 4. The van der Waals surface area contributed by atoms with Crippen LogP contribution in [0.1, 0.15) is 12.8 Å². The Morgan fingerprint density at radius 3 is 2.79 bits per heavy atom. The van der Waals surface area contributed by atoms with E-state index in [-0.39, 0.29) is 6.42 Å². The third-order valence-corrected chi connectivity index (χ3v) is 3.41. The van der Waals surface area contributed by atoms with Gasteiger partial charge in [0.05, 0.1) is 18.6 Å². The van der Waals surface area contributed by atoms with Gasteiger partial charge in [-0.2, -0.15) is 5.26 Å². The van der Waals surface area contributed by atoms with Gasteiger partial charge in [0.25, 0.3) is 0 Å². The molecular weight excluding hydrogens is 240 g/mol. The van der Waals surface area contributed by atoms with Crippen molar-refractivity contribution < 1.29 is 5.11 Å².